The first-order chi connectivity index (χ1) is 20.3. The van der Waals surface area contributed by atoms with Gasteiger partial charge in [-0.15, -0.1) is 0 Å². The van der Waals surface area contributed by atoms with Crippen LogP contribution in [0.15, 0.2) is 109 Å². The molecule has 2 aromatic carbocycles. The van der Waals surface area contributed by atoms with E-state index in [2.05, 4.69) is 44.2 Å². The maximum atomic E-state index is 12.7. The summed E-state index contributed by atoms with van der Waals surface area (Å²) in [5, 5.41) is 11.8. The fourth-order valence-electron chi connectivity index (χ4n) is 5.06. The number of nitrogens with zero attached hydrogens (tertiary/aromatic N) is 4. The maximum absolute atomic E-state index is 12.7. The molecule has 0 unspecified atom stereocenters. The summed E-state index contributed by atoms with van der Waals surface area (Å²) < 4.78 is 2.02. The lowest BCUT2D eigenvalue weighted by Crippen LogP contribution is -2.23. The number of rotatable bonds is 8. The number of amides is 1. The van der Waals surface area contributed by atoms with E-state index in [1.807, 2.05) is 105 Å². The van der Waals surface area contributed by atoms with Crippen LogP contribution in [-0.4, -0.2) is 35.6 Å². The number of benzene rings is 2. The topological polar surface area (TPSA) is 104 Å². The number of hydrogen-bond acceptors (Lipinski definition) is 4. The number of hydrogen-bond donors (Lipinski definition) is 3. The molecule has 4 aromatic heterocycles. The molecule has 208 valence electrons. The molecule has 3 N–H and O–H groups in total. The second-order valence-corrected chi connectivity index (χ2v) is 10.5. The molecule has 8 heteroatoms. The molecule has 8 nitrogen and oxygen atoms in total. The van der Waals surface area contributed by atoms with Gasteiger partial charge in [-0.1, -0.05) is 54.6 Å². The zero-order valence-electron chi connectivity index (χ0n) is 23.8. The molecular weight excluding hydrogens is 522 g/mol. The van der Waals surface area contributed by atoms with Crippen molar-refractivity contribution >= 4 is 33.4 Å². The number of aromatic amines is 2. The molecule has 0 bridgehead atoms. The molecule has 0 radical (unpaired) electrons. The molecule has 42 heavy (non-hydrogen) atoms. The van der Waals surface area contributed by atoms with Crippen molar-refractivity contribution in [1.29, 1.82) is 0 Å². The lowest BCUT2D eigenvalue weighted by molar-refractivity contribution is -0.119. The van der Waals surface area contributed by atoms with Crippen LogP contribution in [0.5, 0.6) is 0 Å². The smallest absolute Gasteiger partial charge is 0.228 e. The summed E-state index contributed by atoms with van der Waals surface area (Å²) in [5.74, 6) is -0.0748. The molecule has 0 fully saturated rings. The van der Waals surface area contributed by atoms with Crippen molar-refractivity contribution in [3.63, 3.8) is 0 Å². The van der Waals surface area contributed by atoms with Crippen LogP contribution >= 0.6 is 0 Å². The van der Waals surface area contributed by atoms with Crippen molar-refractivity contribution in [2.24, 2.45) is 0 Å². The van der Waals surface area contributed by atoms with Gasteiger partial charge in [-0.2, -0.15) is 5.10 Å². The van der Waals surface area contributed by atoms with E-state index in [1.165, 1.54) is 0 Å². The highest BCUT2D eigenvalue weighted by Gasteiger charge is 2.16. The average molecular weight is 554 g/mol. The van der Waals surface area contributed by atoms with Crippen LogP contribution in [0.1, 0.15) is 30.8 Å². The van der Waals surface area contributed by atoms with Crippen molar-refractivity contribution in [3.05, 3.63) is 126 Å². The Kier molecular flexibility index (Phi) is 7.10. The number of carbonyl (C=O) groups is 1. The summed E-state index contributed by atoms with van der Waals surface area (Å²) >= 11 is 0. The maximum Gasteiger partial charge on any atom is 0.228 e. The van der Waals surface area contributed by atoms with Crippen molar-refractivity contribution in [1.82, 2.24) is 35.0 Å². The van der Waals surface area contributed by atoms with E-state index in [0.29, 0.717) is 6.42 Å². The first kappa shape index (κ1) is 26.7. The second kappa shape index (κ2) is 11.2. The second-order valence-electron chi connectivity index (χ2n) is 10.5. The monoisotopic (exact) mass is 553 g/mol. The third kappa shape index (κ3) is 5.55. The van der Waals surface area contributed by atoms with Gasteiger partial charge in [0.1, 0.15) is 11.2 Å². The fourth-order valence-corrected chi connectivity index (χ4v) is 5.06. The van der Waals surface area contributed by atoms with Gasteiger partial charge in [-0.05, 0) is 62.7 Å². The third-order valence-corrected chi connectivity index (χ3v) is 6.91. The van der Waals surface area contributed by atoms with Crippen molar-refractivity contribution in [2.75, 3.05) is 0 Å². The fraction of sp³-hybridized carbons (Fsp3) is 0.118. The van der Waals surface area contributed by atoms with E-state index < -0.39 is 0 Å². The van der Waals surface area contributed by atoms with Gasteiger partial charge in [0.15, 0.2) is 0 Å². The Balaban J connectivity index is 1.34. The predicted octanol–water partition coefficient (Wildman–Crippen LogP) is 6.82. The zero-order chi connectivity index (χ0) is 29.2. The Morgan fingerprint density at radius 1 is 1.02 bits per heavy atom. The van der Waals surface area contributed by atoms with E-state index >= 15 is 0 Å². The van der Waals surface area contributed by atoms with Crippen molar-refractivity contribution < 1.29 is 4.79 Å². The summed E-state index contributed by atoms with van der Waals surface area (Å²) in [4.78, 5) is 25.6. The van der Waals surface area contributed by atoms with Gasteiger partial charge in [0.2, 0.25) is 5.91 Å². The van der Waals surface area contributed by atoms with Crippen LogP contribution in [0.4, 0.5) is 0 Å². The van der Waals surface area contributed by atoms with Gasteiger partial charge in [-0.25, -0.2) is 9.97 Å². The molecule has 0 spiro atoms. The Bertz CT molecular complexity index is 2000. The first-order valence-electron chi connectivity index (χ1n) is 13.7. The number of aromatic nitrogens is 6. The summed E-state index contributed by atoms with van der Waals surface area (Å²) in [7, 11) is 0. The Morgan fingerprint density at radius 3 is 2.62 bits per heavy atom. The zero-order valence-corrected chi connectivity index (χ0v) is 23.8. The van der Waals surface area contributed by atoms with Crippen LogP contribution in [0, 0.1) is 6.92 Å². The minimum absolute atomic E-state index is 0.0748. The molecule has 0 saturated heterocycles. The number of carbonyl (C=O) groups excluding carboxylic acids is 1. The Labute approximate surface area is 243 Å². The number of aryl methyl sites for hydroxylation is 1. The summed E-state index contributed by atoms with van der Waals surface area (Å²) in [6, 6.07) is 21.8. The minimum Gasteiger partial charge on any atom is -0.353 e. The lowest BCUT2D eigenvalue weighted by Gasteiger charge is -2.09. The average Bonchev–Trinajstić information content (AvgIpc) is 3.70. The molecule has 1 amide bonds. The highest BCUT2D eigenvalue weighted by molar-refractivity contribution is 5.97. The number of pyridine rings is 1. The molecule has 0 saturated carbocycles. The van der Waals surface area contributed by atoms with E-state index in [0.717, 1.165) is 72.8 Å². The molecule has 0 aliphatic heterocycles. The SMILES string of the molecule is C=C(C)/C=C(\C=C(/C)NC(=O)Cc1ccccc1)c1ccc2[nH]nc(-c3cc4c(-n5cnc(C)c5)cccc4[nH]3)c2n1. The highest BCUT2D eigenvalue weighted by Crippen LogP contribution is 2.31. The normalized spacial score (nSPS) is 12.3. The van der Waals surface area contributed by atoms with Gasteiger partial charge in [0, 0.05) is 28.4 Å². The van der Waals surface area contributed by atoms with Crippen LogP contribution in [0.2, 0.25) is 0 Å². The molecule has 0 aliphatic carbocycles. The van der Waals surface area contributed by atoms with E-state index in [-0.39, 0.29) is 5.91 Å². The predicted molar refractivity (Wildman–Crippen MR) is 168 cm³/mol. The molecule has 0 aliphatic rings. The van der Waals surface area contributed by atoms with Crippen LogP contribution in [-0.2, 0) is 11.2 Å². The number of fused-ring (bicyclic) bond motifs is 2. The van der Waals surface area contributed by atoms with Gasteiger partial charge >= 0.3 is 0 Å². The molecule has 6 rings (SSSR count). The molecule has 0 atom stereocenters. The van der Waals surface area contributed by atoms with Crippen molar-refractivity contribution in [2.45, 2.75) is 27.2 Å². The van der Waals surface area contributed by atoms with E-state index in [9.17, 15) is 4.79 Å². The van der Waals surface area contributed by atoms with Crippen molar-refractivity contribution in [3.8, 4) is 17.1 Å². The largest absolute Gasteiger partial charge is 0.353 e. The standard InChI is InChI=1S/C34H31N7O/c1-21(2)15-25(16-22(3)36-32(42)17-24-9-6-5-7-10-24)27-13-14-29-33(38-27)34(40-39-29)30-18-26-28(37-30)11-8-12-31(26)41-19-23(4)35-20-41/h5-16,18-20,37H,1,17H2,2-4H3,(H,36,42)(H,39,40)/b22-16+,25-15+. The van der Waals surface area contributed by atoms with Gasteiger partial charge in [0.25, 0.3) is 0 Å². The number of nitrogens with one attached hydrogen (secondary N) is 3. The van der Waals surface area contributed by atoms with Crippen LogP contribution in [0.3, 0.4) is 0 Å². The number of imidazole rings is 1. The van der Waals surface area contributed by atoms with E-state index in [4.69, 9.17) is 4.98 Å². The number of allylic oxidation sites excluding steroid dienone is 5. The molecule has 4 heterocycles. The Hall–Kier alpha value is -5.50. The first-order valence-corrected chi connectivity index (χ1v) is 13.7. The summed E-state index contributed by atoms with van der Waals surface area (Å²) in [6.07, 6.45) is 8.02. The van der Waals surface area contributed by atoms with Crippen LogP contribution in [0.25, 0.3) is 44.6 Å². The van der Waals surface area contributed by atoms with Gasteiger partial charge in [-0.3, -0.25) is 9.89 Å². The van der Waals surface area contributed by atoms with Gasteiger partial charge in [0.05, 0.1) is 41.0 Å². The van der Waals surface area contributed by atoms with Gasteiger partial charge < -0.3 is 14.9 Å². The highest BCUT2D eigenvalue weighted by atomic mass is 16.1. The molecule has 6 aromatic rings. The summed E-state index contributed by atoms with van der Waals surface area (Å²) in [6.45, 7) is 9.86. The quantitative estimate of drug-likeness (QED) is 0.180. The molecular formula is C34H31N7O. The minimum atomic E-state index is -0.0748. The lowest BCUT2D eigenvalue weighted by atomic mass is 10.1. The number of H-pyrrole nitrogens is 2. The Morgan fingerprint density at radius 2 is 1.86 bits per heavy atom. The summed E-state index contributed by atoms with van der Waals surface area (Å²) in [5.41, 5.74) is 10.3. The van der Waals surface area contributed by atoms with E-state index in [1.54, 1.807) is 0 Å². The third-order valence-electron chi connectivity index (χ3n) is 6.91. The van der Waals surface area contributed by atoms with Crippen LogP contribution < -0.4 is 5.32 Å².